The Morgan fingerprint density at radius 3 is 1.40 bits per heavy atom. The number of aliphatic hydroxyl groups excluding tert-OH is 4. The molecule has 0 aliphatic carbocycles. The van der Waals surface area contributed by atoms with Crippen LogP contribution >= 0.6 is 0 Å². The van der Waals surface area contributed by atoms with Crippen LogP contribution in [0.1, 0.15) is 19.8 Å². The first kappa shape index (κ1) is 16.7. The molecule has 6 nitrogen and oxygen atoms in total. The maximum absolute atomic E-state index is 10.2. The summed E-state index contributed by atoms with van der Waals surface area (Å²) in [6, 6.07) is 0. The van der Waals surface area contributed by atoms with Crippen molar-refractivity contribution in [3.8, 4) is 0 Å². The van der Waals surface area contributed by atoms with Crippen LogP contribution in [0.3, 0.4) is 0 Å². The largest absolute Gasteiger partial charge is 0.481 e. The van der Waals surface area contributed by atoms with Gasteiger partial charge in [-0.2, -0.15) is 0 Å². The summed E-state index contributed by atoms with van der Waals surface area (Å²) in [5, 5.41) is 41.3. The van der Waals surface area contributed by atoms with Crippen molar-refractivity contribution in [3.05, 3.63) is 0 Å². The number of carboxylic acid groups (broad SMARTS) is 1. The first-order valence-corrected chi connectivity index (χ1v) is 4.65. The third kappa shape index (κ3) is 8.31. The van der Waals surface area contributed by atoms with Gasteiger partial charge in [0.2, 0.25) is 0 Å². The average Bonchev–Trinajstić information content (AvgIpc) is 2.25. The van der Waals surface area contributed by atoms with E-state index in [2.05, 4.69) is 0 Å². The number of rotatable bonds is 6. The summed E-state index contributed by atoms with van der Waals surface area (Å²) in [6.45, 7) is 0.577. The fraction of sp³-hybridized carbons (Fsp3) is 0.889. The molecule has 0 atom stereocenters. The first-order chi connectivity index (χ1) is 6.98. The molecule has 0 aliphatic heterocycles. The highest BCUT2D eigenvalue weighted by atomic mass is 16.4. The predicted octanol–water partition coefficient (Wildman–Crippen LogP) is -1.19. The van der Waals surface area contributed by atoms with Crippen LogP contribution in [0.5, 0.6) is 0 Å². The molecule has 15 heavy (non-hydrogen) atoms. The normalized spacial score (nSPS) is 10.5. The van der Waals surface area contributed by atoms with Crippen LogP contribution in [-0.2, 0) is 4.79 Å². The second-order valence-corrected chi connectivity index (χ2v) is 3.34. The Morgan fingerprint density at radius 1 is 1.00 bits per heavy atom. The van der Waals surface area contributed by atoms with Crippen molar-refractivity contribution < 1.29 is 30.3 Å². The summed E-state index contributed by atoms with van der Waals surface area (Å²) >= 11 is 0. The Bertz CT molecular complexity index is 151. The molecule has 0 aromatic carbocycles. The number of carbonyl (C=O) groups is 1. The van der Waals surface area contributed by atoms with E-state index in [-0.39, 0.29) is 13.2 Å². The number of unbranched alkanes of at least 4 members (excludes halogenated alkanes) is 1. The predicted molar refractivity (Wildman–Crippen MR) is 53.3 cm³/mol. The first-order valence-electron chi connectivity index (χ1n) is 4.65. The maximum atomic E-state index is 10.2. The molecule has 0 spiro atoms. The van der Waals surface area contributed by atoms with E-state index < -0.39 is 24.6 Å². The number of carboxylic acids is 1. The van der Waals surface area contributed by atoms with E-state index in [4.69, 9.17) is 25.5 Å². The van der Waals surface area contributed by atoms with Gasteiger partial charge in [-0.1, -0.05) is 0 Å². The molecule has 0 heterocycles. The zero-order chi connectivity index (χ0) is 12.3. The van der Waals surface area contributed by atoms with Crippen molar-refractivity contribution in [3.63, 3.8) is 0 Å². The number of hydrogen-bond acceptors (Lipinski definition) is 5. The summed E-state index contributed by atoms with van der Waals surface area (Å²) in [7, 11) is 0. The third-order valence-electron chi connectivity index (χ3n) is 1.78. The van der Waals surface area contributed by atoms with Gasteiger partial charge >= 0.3 is 5.97 Å². The molecule has 0 rings (SSSR count). The van der Waals surface area contributed by atoms with Crippen molar-refractivity contribution in [2.45, 2.75) is 19.8 Å². The van der Waals surface area contributed by atoms with Gasteiger partial charge in [0, 0.05) is 13.2 Å². The van der Waals surface area contributed by atoms with E-state index in [0.29, 0.717) is 0 Å². The van der Waals surface area contributed by atoms with E-state index in [1.54, 1.807) is 0 Å². The van der Waals surface area contributed by atoms with Crippen molar-refractivity contribution in [1.82, 2.24) is 0 Å². The lowest BCUT2D eigenvalue weighted by atomic mass is 9.94. The minimum atomic E-state index is -1.39. The van der Waals surface area contributed by atoms with Crippen LogP contribution in [0.4, 0.5) is 0 Å². The van der Waals surface area contributed by atoms with Gasteiger partial charge in [0.05, 0.1) is 13.2 Å². The Kier molecular flexibility index (Phi) is 11.0. The topological polar surface area (TPSA) is 118 Å². The minimum Gasteiger partial charge on any atom is -0.481 e. The van der Waals surface area contributed by atoms with Crippen molar-refractivity contribution >= 4 is 5.97 Å². The molecule has 6 heteroatoms. The summed E-state index contributed by atoms with van der Waals surface area (Å²) in [6.07, 6.45) is 1.44. The van der Waals surface area contributed by atoms with Gasteiger partial charge < -0.3 is 25.5 Å². The molecule has 0 radical (unpaired) electrons. The number of aliphatic hydroxyl groups is 4. The molecule has 0 aromatic heterocycles. The molecule has 0 aromatic rings. The van der Waals surface area contributed by atoms with Crippen LogP contribution in [0, 0.1) is 5.41 Å². The van der Waals surface area contributed by atoms with Crippen molar-refractivity contribution in [2.75, 3.05) is 26.4 Å². The van der Waals surface area contributed by atoms with Crippen LogP contribution in [-0.4, -0.2) is 57.9 Å². The fourth-order valence-electron chi connectivity index (χ4n) is 0.409. The highest BCUT2D eigenvalue weighted by molar-refractivity contribution is 5.74. The molecule has 0 aliphatic rings. The van der Waals surface area contributed by atoms with Crippen molar-refractivity contribution in [2.24, 2.45) is 5.41 Å². The molecule has 5 N–H and O–H groups in total. The second-order valence-electron chi connectivity index (χ2n) is 3.34. The van der Waals surface area contributed by atoms with Crippen LogP contribution in [0.15, 0.2) is 0 Å². The zero-order valence-electron chi connectivity index (χ0n) is 8.89. The maximum Gasteiger partial charge on any atom is 0.314 e. The summed E-state index contributed by atoms with van der Waals surface area (Å²) in [5.74, 6) is -1.19. The molecule has 0 unspecified atom stereocenters. The van der Waals surface area contributed by atoms with Gasteiger partial charge in [-0.3, -0.25) is 4.79 Å². The van der Waals surface area contributed by atoms with Crippen molar-refractivity contribution in [1.29, 1.82) is 0 Å². The molecular weight excluding hydrogens is 204 g/mol. The highest BCUT2D eigenvalue weighted by Gasteiger charge is 2.31. The summed E-state index contributed by atoms with van der Waals surface area (Å²) < 4.78 is 0. The molecule has 0 saturated heterocycles. The molecule has 0 fully saturated rings. The van der Waals surface area contributed by atoms with Crippen LogP contribution in [0.25, 0.3) is 0 Å². The average molecular weight is 224 g/mol. The monoisotopic (exact) mass is 224 g/mol. The van der Waals surface area contributed by atoms with Gasteiger partial charge in [-0.05, 0) is 19.8 Å². The third-order valence-corrected chi connectivity index (χ3v) is 1.78. The van der Waals surface area contributed by atoms with E-state index >= 15 is 0 Å². The smallest absolute Gasteiger partial charge is 0.314 e. The van der Waals surface area contributed by atoms with Gasteiger partial charge in [-0.25, -0.2) is 0 Å². The molecule has 0 amide bonds. The number of aliphatic carboxylic acids is 1. The van der Waals surface area contributed by atoms with E-state index in [1.165, 1.54) is 6.92 Å². The highest BCUT2D eigenvalue weighted by Crippen LogP contribution is 2.12. The molecular formula is C9H20O6. The SMILES string of the molecule is CC(CO)(CO)C(=O)O.OCCCCO. The fourth-order valence-corrected chi connectivity index (χ4v) is 0.409. The molecule has 0 saturated carbocycles. The van der Waals surface area contributed by atoms with Crippen LogP contribution in [0.2, 0.25) is 0 Å². The Balaban J connectivity index is 0. The Hall–Kier alpha value is -0.690. The zero-order valence-corrected chi connectivity index (χ0v) is 8.89. The van der Waals surface area contributed by atoms with Gasteiger partial charge in [-0.15, -0.1) is 0 Å². The minimum absolute atomic E-state index is 0.195. The Morgan fingerprint density at radius 2 is 1.33 bits per heavy atom. The lowest BCUT2D eigenvalue weighted by Crippen LogP contribution is -2.35. The molecule has 0 bridgehead atoms. The second kappa shape index (κ2) is 9.85. The van der Waals surface area contributed by atoms with Gasteiger partial charge in [0.1, 0.15) is 5.41 Å². The lowest BCUT2D eigenvalue weighted by Gasteiger charge is -2.17. The quantitative estimate of drug-likeness (QED) is 0.362. The molecule has 92 valence electrons. The van der Waals surface area contributed by atoms with Crippen LogP contribution < -0.4 is 0 Å². The lowest BCUT2D eigenvalue weighted by molar-refractivity contribution is -0.152. The van der Waals surface area contributed by atoms with Gasteiger partial charge in [0.15, 0.2) is 0 Å². The number of hydrogen-bond donors (Lipinski definition) is 5. The Labute approximate surface area is 88.8 Å². The van der Waals surface area contributed by atoms with E-state index in [9.17, 15) is 4.79 Å². The van der Waals surface area contributed by atoms with Gasteiger partial charge in [0.25, 0.3) is 0 Å². The summed E-state index contributed by atoms with van der Waals surface area (Å²) in [5.41, 5.74) is -1.39. The summed E-state index contributed by atoms with van der Waals surface area (Å²) in [4.78, 5) is 10.2. The van der Waals surface area contributed by atoms with E-state index in [1.807, 2.05) is 0 Å². The van der Waals surface area contributed by atoms with E-state index in [0.717, 1.165) is 12.8 Å². The standard InChI is InChI=1S/C5H10O4.C4H10O2/c1-5(2-6,3-7)4(8)9;5-3-1-2-4-6/h6-7H,2-3H2,1H3,(H,8,9);5-6H,1-4H2.